The maximum atomic E-state index is 14.5. The van der Waals surface area contributed by atoms with Crippen molar-refractivity contribution >= 4 is 114 Å². The van der Waals surface area contributed by atoms with Crippen molar-refractivity contribution in [2.45, 2.75) is 108 Å². The van der Waals surface area contributed by atoms with Gasteiger partial charge < -0.3 is 70.5 Å². The first-order valence-corrected chi connectivity index (χ1v) is 30.0. The number of imide groups is 1. The summed E-state index contributed by atoms with van der Waals surface area (Å²) in [7, 11) is 0. The molecule has 4 aliphatic carbocycles. The number of aliphatic carboxylic acids is 1. The minimum absolute atomic E-state index is 0.00756. The van der Waals surface area contributed by atoms with E-state index in [-0.39, 0.29) is 131 Å². The van der Waals surface area contributed by atoms with Crippen molar-refractivity contribution in [3.05, 3.63) is 32.8 Å². The lowest BCUT2D eigenvalue weighted by atomic mass is 9.45. The van der Waals surface area contributed by atoms with E-state index in [1.54, 1.807) is 19.1 Å². The maximum Gasteiger partial charge on any atom is 0.306 e. The molecule has 8 amide bonds. The van der Waals surface area contributed by atoms with E-state index in [1.807, 2.05) is 20.8 Å². The molecule has 8 N–H and O–H groups in total. The van der Waals surface area contributed by atoms with Crippen LogP contribution in [0.15, 0.2) is 32.8 Å². The quantitative estimate of drug-likeness (QED) is 0.0137. The Morgan fingerprint density at radius 2 is 1.32 bits per heavy atom. The van der Waals surface area contributed by atoms with E-state index in [1.165, 1.54) is 6.08 Å². The van der Waals surface area contributed by atoms with Crippen LogP contribution in [0, 0.1) is 28.6 Å². The Kier molecular flexibility index (Phi) is 26.8. The van der Waals surface area contributed by atoms with Gasteiger partial charge in [-0.1, -0.05) is 39.3 Å². The number of hydrogen-bond donors (Lipinski definition) is 8. The predicted molar refractivity (Wildman–Crippen MR) is 306 cm³/mol. The van der Waals surface area contributed by atoms with Gasteiger partial charge in [0.15, 0.2) is 11.4 Å². The second-order valence-electron chi connectivity index (χ2n) is 21.5. The summed E-state index contributed by atoms with van der Waals surface area (Å²) in [5.41, 5.74) is -2.81. The van der Waals surface area contributed by atoms with Crippen LogP contribution in [0.4, 0.5) is 0 Å². The van der Waals surface area contributed by atoms with Gasteiger partial charge in [0, 0.05) is 55.5 Å². The van der Waals surface area contributed by atoms with E-state index in [0.29, 0.717) is 19.3 Å². The molecule has 3 saturated carbocycles. The average Bonchev–Trinajstić information content (AvgIpc) is 1.65. The molecular weight excluding hydrogens is 1270 g/mol. The second-order valence-corrected chi connectivity index (χ2v) is 23.7. The molecule has 9 atom stereocenters. The fourth-order valence-electron chi connectivity index (χ4n) is 11.9. The van der Waals surface area contributed by atoms with Crippen molar-refractivity contribution in [2.24, 2.45) is 28.6 Å². The van der Waals surface area contributed by atoms with Crippen molar-refractivity contribution in [3.8, 4) is 0 Å². The van der Waals surface area contributed by atoms with Crippen molar-refractivity contribution in [3.63, 3.8) is 0 Å². The van der Waals surface area contributed by atoms with E-state index in [4.69, 9.17) is 40.0 Å². The summed E-state index contributed by atoms with van der Waals surface area (Å²) in [5, 5.41) is 35.6. The Labute approximate surface area is 513 Å². The molecule has 0 aromatic rings. The average molecular weight is 1350 g/mol. The summed E-state index contributed by atoms with van der Waals surface area (Å²) in [6, 6.07) is -1.41. The minimum atomic E-state index is -1.72. The monoisotopic (exact) mass is 1350 g/mol. The third-order valence-electron chi connectivity index (χ3n) is 16.2. The number of carboxylic acid groups (broad SMARTS) is 1. The maximum absolute atomic E-state index is 14.5. The van der Waals surface area contributed by atoms with Gasteiger partial charge >= 0.3 is 11.9 Å². The summed E-state index contributed by atoms with van der Waals surface area (Å²) in [4.78, 5) is 150. The molecule has 472 valence electrons. The smallest absolute Gasteiger partial charge is 0.306 e. The predicted octanol–water partition coefficient (Wildman–Crippen LogP) is 0.255. The summed E-state index contributed by atoms with van der Waals surface area (Å²) in [6.45, 7) is 6.06. The number of esters is 1. The summed E-state index contributed by atoms with van der Waals surface area (Å²) in [6.07, 6.45) is 4.09. The third kappa shape index (κ3) is 17.6. The number of amides is 8. The van der Waals surface area contributed by atoms with Gasteiger partial charge in [-0.3, -0.25) is 62.4 Å². The number of alkyl halides is 1. The number of nitrogens with zero attached hydrogens (tertiary/aromatic N) is 1. The van der Waals surface area contributed by atoms with Gasteiger partial charge in [-0.25, -0.2) is 0 Å². The normalized spacial score (nSPS) is 26.1. The fraction of sp³-hybridized carbons (Fsp3) is 0.673. The van der Waals surface area contributed by atoms with E-state index in [9.17, 15) is 67.7 Å². The molecule has 1 heterocycles. The summed E-state index contributed by atoms with van der Waals surface area (Å²) < 4.78 is 33.6. The van der Waals surface area contributed by atoms with Crippen LogP contribution in [-0.2, 0) is 86.0 Å². The molecule has 0 radical (unpaired) electrons. The number of fused-ring (bicyclic) bond motifs is 5. The molecule has 1 unspecified atom stereocenters. The summed E-state index contributed by atoms with van der Waals surface area (Å²) in [5.74, 6) is -8.98. The molecule has 0 spiro atoms. The number of nitrogens with one attached hydrogen (secondary N) is 6. The molecule has 3 fully saturated rings. The molecule has 1 aliphatic heterocycles. The number of carboxylic acids is 1. The molecule has 0 saturated heterocycles. The second kappa shape index (κ2) is 32.4. The number of ether oxygens (including phenoxy) is 6. The van der Waals surface area contributed by atoms with Crippen molar-refractivity contribution in [1.29, 1.82) is 0 Å². The highest BCUT2D eigenvalue weighted by Crippen LogP contribution is 2.72. The minimum Gasteiger partial charge on any atom is -0.481 e. The van der Waals surface area contributed by atoms with Gasteiger partial charge in [0.05, 0.1) is 83.5 Å². The van der Waals surface area contributed by atoms with E-state index >= 15 is 0 Å². The van der Waals surface area contributed by atoms with Crippen LogP contribution in [0.25, 0.3) is 0 Å². The molecule has 85 heavy (non-hydrogen) atoms. The zero-order valence-electron chi connectivity index (χ0n) is 47.9. The van der Waals surface area contributed by atoms with Crippen LogP contribution < -0.4 is 31.9 Å². The van der Waals surface area contributed by atoms with Gasteiger partial charge in [-0.2, -0.15) is 0 Å². The lowest BCUT2D eigenvalue weighted by Crippen LogP contribution is -2.69. The van der Waals surface area contributed by atoms with Crippen LogP contribution in [0.1, 0.15) is 85.5 Å². The van der Waals surface area contributed by atoms with Gasteiger partial charge in [-0.05, 0) is 88.0 Å². The number of allylic oxidation sites excluding steroid dienone is 4. The molecule has 30 heteroatoms. The van der Waals surface area contributed by atoms with Crippen molar-refractivity contribution in [2.75, 3.05) is 98.9 Å². The van der Waals surface area contributed by atoms with Crippen molar-refractivity contribution < 1.29 is 96.2 Å². The van der Waals surface area contributed by atoms with Crippen LogP contribution in [0.2, 0.25) is 0 Å². The Bertz CT molecular complexity index is 2620. The number of carbonyl (C=O) groups excluding carboxylic acids is 11. The number of rotatable bonds is 36. The summed E-state index contributed by atoms with van der Waals surface area (Å²) >= 11 is 13.6. The first kappa shape index (κ1) is 70.2. The number of aliphatic hydroxyl groups is 1. The SMILES string of the molecule is CCC(=O)O[C@]1(C(=O)COCNC(=O)CNC(=O)CNC(=O)[C@H](CCC(=O)O)NC(=O)CNC(=O)CCOCCOCCOCCOCCNC(=O)CCN2C(=O)C(Br)=C(Br)C2=O)[C@@H](C)CC2[C@@H]3CCC4=CC(=O)C=C[C@]4(C)[C@@]3(Cl)[C@@H](O)C[C@@]21C. The number of halogens is 3. The molecule has 5 aliphatic rings. The molecule has 5 rings (SSSR count). The molecule has 0 bridgehead atoms. The lowest BCUT2D eigenvalue weighted by molar-refractivity contribution is -0.203. The van der Waals surface area contributed by atoms with E-state index in [2.05, 4.69) is 63.8 Å². The molecular formula is C55H76Br2ClN7O20. The Morgan fingerprint density at radius 1 is 0.741 bits per heavy atom. The zero-order valence-corrected chi connectivity index (χ0v) is 51.8. The van der Waals surface area contributed by atoms with E-state index in [0.717, 1.165) is 10.5 Å². The highest BCUT2D eigenvalue weighted by Gasteiger charge is 2.76. The fourth-order valence-corrected chi connectivity index (χ4v) is 13.2. The molecule has 0 aromatic carbocycles. The topological polar surface area (TPSA) is 376 Å². The third-order valence-corrected chi connectivity index (χ3v) is 19.1. The Balaban J connectivity index is 0.915. The highest BCUT2D eigenvalue weighted by atomic mass is 79.9. The van der Waals surface area contributed by atoms with Crippen LogP contribution in [0.5, 0.6) is 0 Å². The van der Waals surface area contributed by atoms with Gasteiger partial charge in [0.2, 0.25) is 41.2 Å². The van der Waals surface area contributed by atoms with E-state index < -0.39 is 138 Å². The Morgan fingerprint density at radius 3 is 1.95 bits per heavy atom. The van der Waals surface area contributed by atoms with Crippen LogP contribution in [0.3, 0.4) is 0 Å². The number of aliphatic hydroxyl groups excluding tert-OH is 1. The first-order chi connectivity index (χ1) is 40.3. The standard InChI is InChI=1S/C55H76Br2ClN7O20/c1-5-46(76)85-55(32(2)24-36-35-7-6-33-25-34(66)10-13-52(33,3)54(35,58)38(67)26-53(36,55)4)39(68)30-84-31-63-43(72)27-61-42(71)28-62-49(77)37(8-9-45(74)75)64-44(73)29-60-41(70)12-16-80-18-20-82-22-23-83-21-19-81-17-14-59-40(69)11-15-65-50(78)47(56)48(57)51(65)79/h10,13,25,32,35-38,67H,5-9,11-12,14-24,26-31H2,1-4H3,(H,59,69)(H,60,70)(H,61,71)(H,62,77)(H,63,72)(H,64,73)(H,74,75)/t32-,35-,36?,37-,38-,52-,53-,54-,55-/m0/s1. The van der Waals surface area contributed by atoms with Crippen LogP contribution >= 0.6 is 43.5 Å². The number of hydrogen-bond acceptors (Lipinski definition) is 19. The van der Waals surface area contributed by atoms with Gasteiger partial charge in [0.1, 0.15) is 28.3 Å². The van der Waals surface area contributed by atoms with Crippen molar-refractivity contribution in [1.82, 2.24) is 36.8 Å². The number of ketones is 2. The number of carbonyl (C=O) groups is 12. The van der Waals surface area contributed by atoms with Gasteiger partial charge in [0.25, 0.3) is 11.8 Å². The highest BCUT2D eigenvalue weighted by molar-refractivity contribution is 9.14. The first-order valence-electron chi connectivity index (χ1n) is 28.0. The molecule has 0 aromatic heterocycles. The largest absolute Gasteiger partial charge is 0.481 e. The van der Waals surface area contributed by atoms with Gasteiger partial charge in [-0.15, -0.1) is 11.6 Å². The lowest BCUT2D eigenvalue weighted by Gasteiger charge is -2.64. The Hall–Kier alpha value is -5.53. The molecule has 27 nitrogen and oxygen atoms in total. The van der Waals surface area contributed by atoms with Crippen LogP contribution in [-0.4, -0.2) is 207 Å². The number of Topliss-reactive ketones (excluding diaryl/α,β-unsaturated/α-hetero) is 1. The zero-order chi connectivity index (χ0) is 62.7.